The minimum Gasteiger partial charge on any atom is -0.448 e. The second-order valence-corrected chi connectivity index (χ2v) is 3.86. The summed E-state index contributed by atoms with van der Waals surface area (Å²) in [5.41, 5.74) is 1.44. The number of cyclic esters (lactones) is 1. The van der Waals surface area contributed by atoms with Gasteiger partial charge in [0.05, 0.1) is 0 Å². The first kappa shape index (κ1) is 11.6. The van der Waals surface area contributed by atoms with Crippen molar-refractivity contribution in [2.75, 3.05) is 0 Å². The molecule has 3 nitrogen and oxygen atoms in total. The summed E-state index contributed by atoms with van der Waals surface area (Å²) in [6.45, 7) is 3.60. The molecule has 1 aromatic carbocycles. The Hall–Kier alpha value is -1.84. The highest BCUT2D eigenvalue weighted by molar-refractivity contribution is 5.90. The van der Waals surface area contributed by atoms with E-state index < -0.39 is 18.1 Å². The molecule has 0 aliphatic carbocycles. The molecule has 0 aromatic heterocycles. The Kier molecular flexibility index (Phi) is 3.13. The van der Waals surface area contributed by atoms with Gasteiger partial charge >= 0.3 is 5.97 Å². The second kappa shape index (κ2) is 4.57. The third kappa shape index (κ3) is 2.46. The number of aryl methyl sites for hydroxylation is 1. The second-order valence-electron chi connectivity index (χ2n) is 3.86. The summed E-state index contributed by atoms with van der Waals surface area (Å²) in [5, 5.41) is 0. The highest BCUT2D eigenvalue weighted by Crippen LogP contribution is 2.23. The smallest absolute Gasteiger partial charge is 0.336 e. The Labute approximate surface area is 98.8 Å². The van der Waals surface area contributed by atoms with Gasteiger partial charge in [0.25, 0.3) is 6.29 Å². The Morgan fingerprint density at radius 3 is 2.82 bits per heavy atom. The molecule has 0 bridgehead atoms. The summed E-state index contributed by atoms with van der Waals surface area (Å²) in [4.78, 5) is 11.1. The monoisotopic (exact) mass is 236 g/mol. The lowest BCUT2D eigenvalue weighted by Crippen LogP contribution is -2.16. The van der Waals surface area contributed by atoms with E-state index in [1.807, 2.05) is 6.92 Å². The summed E-state index contributed by atoms with van der Waals surface area (Å²) in [6.07, 6.45) is 1.49. The quantitative estimate of drug-likeness (QED) is 0.757. The van der Waals surface area contributed by atoms with E-state index in [2.05, 4.69) is 0 Å². The molecular weight excluding hydrogens is 223 g/mol. The highest BCUT2D eigenvalue weighted by Gasteiger charge is 2.24. The zero-order valence-corrected chi connectivity index (χ0v) is 9.70. The van der Waals surface area contributed by atoms with Crippen molar-refractivity contribution in [2.45, 2.75) is 26.6 Å². The lowest BCUT2D eigenvalue weighted by molar-refractivity contribution is -0.148. The molecule has 1 atom stereocenters. The molecular formula is C13H13FO3. The minimum absolute atomic E-state index is 0.105. The average Bonchev–Trinajstić information content (AvgIpc) is 2.61. The van der Waals surface area contributed by atoms with E-state index in [-0.39, 0.29) is 5.75 Å². The van der Waals surface area contributed by atoms with Crippen LogP contribution in [0.1, 0.15) is 19.4 Å². The molecule has 0 saturated carbocycles. The van der Waals surface area contributed by atoms with Gasteiger partial charge in [-0.25, -0.2) is 9.18 Å². The summed E-state index contributed by atoms with van der Waals surface area (Å²) in [7, 11) is 0. The average molecular weight is 236 g/mol. The SMILES string of the molecule is CCc1ccc(F)c(OC2C=C(C)C(=O)O2)c1. The van der Waals surface area contributed by atoms with E-state index in [1.54, 1.807) is 19.1 Å². The molecule has 1 aliphatic rings. The molecule has 1 heterocycles. The summed E-state index contributed by atoms with van der Waals surface area (Å²) >= 11 is 0. The first-order valence-corrected chi connectivity index (χ1v) is 5.44. The molecule has 0 spiro atoms. The molecule has 90 valence electrons. The maximum Gasteiger partial charge on any atom is 0.336 e. The van der Waals surface area contributed by atoms with Crippen LogP contribution in [0.15, 0.2) is 29.8 Å². The normalized spacial score (nSPS) is 18.9. The van der Waals surface area contributed by atoms with Gasteiger partial charge in [0.1, 0.15) is 0 Å². The van der Waals surface area contributed by atoms with Crippen molar-refractivity contribution in [1.29, 1.82) is 0 Å². The minimum atomic E-state index is -0.830. The van der Waals surface area contributed by atoms with Crippen LogP contribution in [0.5, 0.6) is 5.75 Å². The third-order valence-corrected chi connectivity index (χ3v) is 2.58. The van der Waals surface area contributed by atoms with Crippen LogP contribution in [0.3, 0.4) is 0 Å². The van der Waals surface area contributed by atoms with Gasteiger partial charge in [0, 0.05) is 11.6 Å². The molecule has 1 unspecified atom stereocenters. The van der Waals surface area contributed by atoms with Crippen molar-refractivity contribution in [1.82, 2.24) is 0 Å². The molecule has 2 rings (SSSR count). The van der Waals surface area contributed by atoms with Crippen LogP contribution in [0.25, 0.3) is 0 Å². The van der Waals surface area contributed by atoms with Crippen LogP contribution in [-0.2, 0) is 16.0 Å². The zero-order chi connectivity index (χ0) is 12.4. The summed E-state index contributed by atoms with van der Waals surface area (Å²) in [5.74, 6) is -0.786. The number of hydrogen-bond donors (Lipinski definition) is 0. The molecule has 0 amide bonds. The molecule has 0 saturated heterocycles. The fourth-order valence-corrected chi connectivity index (χ4v) is 1.55. The maximum atomic E-state index is 13.5. The predicted octanol–water partition coefficient (Wildman–Crippen LogP) is 2.60. The molecule has 1 aliphatic heterocycles. The van der Waals surface area contributed by atoms with E-state index >= 15 is 0 Å². The van der Waals surface area contributed by atoms with Gasteiger partial charge in [0.2, 0.25) is 0 Å². The molecule has 0 radical (unpaired) electrons. The zero-order valence-electron chi connectivity index (χ0n) is 9.70. The van der Waals surface area contributed by atoms with Crippen LogP contribution in [0.2, 0.25) is 0 Å². The van der Waals surface area contributed by atoms with E-state index in [1.165, 1.54) is 12.1 Å². The highest BCUT2D eigenvalue weighted by atomic mass is 19.1. The fourth-order valence-electron chi connectivity index (χ4n) is 1.55. The van der Waals surface area contributed by atoms with Crippen LogP contribution < -0.4 is 4.74 Å². The number of carbonyl (C=O) groups excluding carboxylic acids is 1. The number of rotatable bonds is 3. The Bertz CT molecular complexity index is 480. The van der Waals surface area contributed by atoms with Crippen LogP contribution >= 0.6 is 0 Å². The van der Waals surface area contributed by atoms with E-state index in [9.17, 15) is 9.18 Å². The van der Waals surface area contributed by atoms with Crippen molar-refractivity contribution in [2.24, 2.45) is 0 Å². The summed E-state index contributed by atoms with van der Waals surface area (Å²) < 4.78 is 23.6. The lowest BCUT2D eigenvalue weighted by atomic mass is 10.1. The predicted molar refractivity (Wildman–Crippen MR) is 60.0 cm³/mol. The van der Waals surface area contributed by atoms with Crippen molar-refractivity contribution in [3.05, 3.63) is 41.2 Å². The number of esters is 1. The first-order chi connectivity index (χ1) is 8.10. The Balaban J connectivity index is 2.16. The first-order valence-electron chi connectivity index (χ1n) is 5.44. The van der Waals surface area contributed by atoms with E-state index in [0.29, 0.717) is 5.57 Å². The lowest BCUT2D eigenvalue weighted by Gasteiger charge is -2.12. The van der Waals surface area contributed by atoms with Gasteiger partial charge < -0.3 is 9.47 Å². The van der Waals surface area contributed by atoms with Crippen LogP contribution in [-0.4, -0.2) is 12.3 Å². The summed E-state index contributed by atoms with van der Waals surface area (Å²) in [6, 6.07) is 4.66. The van der Waals surface area contributed by atoms with Gasteiger partial charge in [-0.05, 0) is 31.0 Å². The number of benzene rings is 1. The molecule has 1 aromatic rings. The van der Waals surface area contributed by atoms with Crippen molar-refractivity contribution in [3.63, 3.8) is 0 Å². The molecule has 4 heteroatoms. The standard InChI is InChI=1S/C13H13FO3/c1-3-9-4-5-10(14)11(7-9)16-12-6-8(2)13(15)17-12/h4-7,12H,3H2,1-2H3. The van der Waals surface area contributed by atoms with Crippen LogP contribution in [0, 0.1) is 5.82 Å². The Morgan fingerprint density at radius 2 is 2.24 bits per heavy atom. The third-order valence-electron chi connectivity index (χ3n) is 2.58. The van der Waals surface area contributed by atoms with E-state index in [4.69, 9.17) is 9.47 Å². The molecule has 0 fully saturated rings. The van der Waals surface area contributed by atoms with Crippen molar-refractivity contribution < 1.29 is 18.7 Å². The van der Waals surface area contributed by atoms with Crippen LogP contribution in [0.4, 0.5) is 4.39 Å². The number of hydrogen-bond acceptors (Lipinski definition) is 3. The molecule has 17 heavy (non-hydrogen) atoms. The topological polar surface area (TPSA) is 35.5 Å². The van der Waals surface area contributed by atoms with Crippen molar-refractivity contribution in [3.8, 4) is 5.75 Å². The maximum absolute atomic E-state index is 13.5. The van der Waals surface area contributed by atoms with Gasteiger partial charge in [-0.1, -0.05) is 13.0 Å². The number of carbonyl (C=O) groups is 1. The Morgan fingerprint density at radius 1 is 1.47 bits per heavy atom. The van der Waals surface area contributed by atoms with Crippen molar-refractivity contribution >= 4 is 5.97 Å². The largest absolute Gasteiger partial charge is 0.448 e. The fraction of sp³-hybridized carbons (Fsp3) is 0.308. The van der Waals surface area contributed by atoms with E-state index in [0.717, 1.165) is 12.0 Å². The van der Waals surface area contributed by atoms with Gasteiger partial charge in [0.15, 0.2) is 11.6 Å². The number of ether oxygens (including phenoxy) is 2. The van der Waals surface area contributed by atoms with Gasteiger partial charge in [-0.3, -0.25) is 0 Å². The number of halogens is 1. The van der Waals surface area contributed by atoms with Gasteiger partial charge in [-0.2, -0.15) is 0 Å². The van der Waals surface area contributed by atoms with Gasteiger partial charge in [-0.15, -0.1) is 0 Å². The molecule has 0 N–H and O–H groups in total.